The fourth-order valence-electron chi connectivity index (χ4n) is 9.28. The molecule has 3 unspecified atom stereocenters. The van der Waals surface area contributed by atoms with Gasteiger partial charge in [0.05, 0.1) is 33.8 Å². The van der Waals surface area contributed by atoms with E-state index in [2.05, 4.69) is 148 Å². The summed E-state index contributed by atoms with van der Waals surface area (Å²) in [5.74, 6) is -0.556. The smallest absolute Gasteiger partial charge is 0.456 e. The van der Waals surface area contributed by atoms with Crippen molar-refractivity contribution in [1.82, 2.24) is 5.32 Å². The van der Waals surface area contributed by atoms with Crippen LogP contribution in [0.5, 0.6) is 0 Å². The zero-order chi connectivity index (χ0) is 62.1. The second-order valence-electron chi connectivity index (χ2n) is 24.0. The van der Waals surface area contributed by atoms with Crippen LogP contribution < -0.4 is 5.32 Å². The lowest BCUT2D eigenvalue weighted by atomic mass is 10.0. The van der Waals surface area contributed by atoms with Gasteiger partial charge in [-0.2, -0.15) is 0 Å². The van der Waals surface area contributed by atoms with E-state index in [0.717, 1.165) is 128 Å². The summed E-state index contributed by atoms with van der Waals surface area (Å²) in [6.45, 7) is 6.84. The number of rotatable bonds is 61. The van der Waals surface area contributed by atoms with Gasteiger partial charge in [-0.25, -0.2) is 4.57 Å². The minimum Gasteiger partial charge on any atom is -0.456 e. The molecular formula is C75H130N2O7P+. The number of quaternary nitrogens is 1. The van der Waals surface area contributed by atoms with Crippen molar-refractivity contribution in [2.75, 3.05) is 40.9 Å². The number of allylic oxidation sites excluding steroid dienone is 21. The lowest BCUT2D eigenvalue weighted by Crippen LogP contribution is -2.47. The Morgan fingerprint density at radius 2 is 0.753 bits per heavy atom. The lowest BCUT2D eigenvalue weighted by Gasteiger charge is -2.27. The molecule has 0 spiro atoms. The van der Waals surface area contributed by atoms with Gasteiger partial charge in [-0.05, 0) is 128 Å². The third-order valence-corrected chi connectivity index (χ3v) is 15.6. The summed E-state index contributed by atoms with van der Waals surface area (Å²) in [5, 5.41) is 3.05. The van der Waals surface area contributed by atoms with Crippen molar-refractivity contribution in [3.8, 4) is 0 Å². The van der Waals surface area contributed by atoms with E-state index < -0.39 is 20.0 Å². The van der Waals surface area contributed by atoms with Crippen LogP contribution in [0.2, 0.25) is 0 Å². The van der Waals surface area contributed by atoms with Crippen molar-refractivity contribution in [1.29, 1.82) is 0 Å². The van der Waals surface area contributed by atoms with Crippen LogP contribution in [0.3, 0.4) is 0 Å². The molecule has 0 fully saturated rings. The van der Waals surface area contributed by atoms with Gasteiger partial charge < -0.3 is 19.4 Å². The molecule has 0 aliphatic rings. The number of unbranched alkanes of at least 4 members (excludes halogenated alkanes) is 25. The summed E-state index contributed by atoms with van der Waals surface area (Å²) in [7, 11) is 1.46. The Bertz CT molecular complexity index is 1920. The Morgan fingerprint density at radius 1 is 0.424 bits per heavy atom. The first-order chi connectivity index (χ1) is 41.4. The number of nitrogens with one attached hydrogen (secondary N) is 1. The molecular weight excluding hydrogens is 1070 g/mol. The molecule has 0 saturated carbocycles. The summed E-state index contributed by atoms with van der Waals surface area (Å²) in [5.41, 5.74) is 0. The number of hydrogen-bond acceptors (Lipinski definition) is 6. The quantitative estimate of drug-likeness (QED) is 0.0205. The summed E-state index contributed by atoms with van der Waals surface area (Å²) >= 11 is 0. The molecule has 0 aromatic carbocycles. The van der Waals surface area contributed by atoms with Crippen LogP contribution in [0, 0.1) is 0 Å². The normalized spacial score (nSPS) is 14.4. The molecule has 486 valence electrons. The van der Waals surface area contributed by atoms with Crippen LogP contribution >= 0.6 is 7.82 Å². The minimum absolute atomic E-state index is 0.0261. The molecule has 0 radical (unpaired) electrons. The van der Waals surface area contributed by atoms with Crippen molar-refractivity contribution in [3.63, 3.8) is 0 Å². The van der Waals surface area contributed by atoms with E-state index in [0.29, 0.717) is 23.9 Å². The van der Waals surface area contributed by atoms with Crippen LogP contribution in [0.25, 0.3) is 0 Å². The minimum atomic E-state index is -4.47. The van der Waals surface area contributed by atoms with E-state index in [1.54, 1.807) is 0 Å². The molecule has 0 bridgehead atoms. The Labute approximate surface area is 524 Å². The number of phosphoric ester groups is 1. The van der Waals surface area contributed by atoms with Gasteiger partial charge in [0.2, 0.25) is 5.91 Å². The molecule has 10 heteroatoms. The van der Waals surface area contributed by atoms with Gasteiger partial charge in [0.25, 0.3) is 0 Å². The van der Waals surface area contributed by atoms with E-state index in [-0.39, 0.29) is 31.5 Å². The molecule has 0 heterocycles. The topological polar surface area (TPSA) is 111 Å². The molecule has 85 heavy (non-hydrogen) atoms. The van der Waals surface area contributed by atoms with E-state index in [4.69, 9.17) is 13.8 Å². The van der Waals surface area contributed by atoms with Gasteiger partial charge in [-0.3, -0.25) is 18.6 Å². The Kier molecular flexibility index (Phi) is 60.3. The molecule has 0 aliphatic heterocycles. The van der Waals surface area contributed by atoms with Gasteiger partial charge in [0, 0.05) is 12.8 Å². The number of carbonyl (C=O) groups excluding carboxylic acids is 2. The van der Waals surface area contributed by atoms with Crippen molar-refractivity contribution < 1.29 is 37.3 Å². The predicted molar refractivity (Wildman–Crippen MR) is 369 cm³/mol. The average Bonchev–Trinajstić information content (AvgIpc) is 3.53. The number of likely N-dealkylation sites (N-methyl/N-ethyl adjacent to an activating group) is 1. The molecule has 1 amide bonds. The third kappa shape index (κ3) is 64.5. The number of esters is 1. The lowest BCUT2D eigenvalue weighted by molar-refractivity contribution is -0.870. The fourth-order valence-corrected chi connectivity index (χ4v) is 10.0. The molecule has 3 atom stereocenters. The highest BCUT2D eigenvalue weighted by Crippen LogP contribution is 2.43. The number of phosphoric acid groups is 1. The van der Waals surface area contributed by atoms with Crippen LogP contribution in [0.1, 0.15) is 278 Å². The van der Waals surface area contributed by atoms with E-state index >= 15 is 0 Å². The highest BCUT2D eigenvalue weighted by molar-refractivity contribution is 7.47. The van der Waals surface area contributed by atoms with Crippen LogP contribution in [-0.2, 0) is 27.9 Å². The van der Waals surface area contributed by atoms with Crippen LogP contribution in [0.4, 0.5) is 0 Å². The molecule has 0 saturated heterocycles. The zero-order valence-electron chi connectivity index (χ0n) is 55.6. The number of ether oxygens (including phenoxy) is 1. The largest absolute Gasteiger partial charge is 0.472 e. The molecule has 0 rings (SSSR count). The highest BCUT2D eigenvalue weighted by Gasteiger charge is 2.30. The maximum atomic E-state index is 13.6. The number of carbonyl (C=O) groups is 2. The first-order valence-corrected chi connectivity index (χ1v) is 36.0. The molecule has 9 nitrogen and oxygen atoms in total. The van der Waals surface area contributed by atoms with Gasteiger partial charge in [-0.15, -0.1) is 0 Å². The third-order valence-electron chi connectivity index (χ3n) is 14.6. The Morgan fingerprint density at radius 3 is 1.16 bits per heavy atom. The maximum Gasteiger partial charge on any atom is 0.472 e. The molecule has 0 aliphatic carbocycles. The van der Waals surface area contributed by atoms with E-state index in [1.165, 1.54) is 109 Å². The summed E-state index contributed by atoms with van der Waals surface area (Å²) in [6.07, 6.45) is 90.2. The fraction of sp³-hybridized carbons (Fsp3) is 0.680. The summed E-state index contributed by atoms with van der Waals surface area (Å²) < 4.78 is 30.8. The van der Waals surface area contributed by atoms with E-state index in [1.807, 2.05) is 33.3 Å². The Balaban J connectivity index is 5.22. The van der Waals surface area contributed by atoms with Crippen molar-refractivity contribution in [3.05, 3.63) is 134 Å². The van der Waals surface area contributed by atoms with Crippen molar-refractivity contribution in [2.45, 2.75) is 290 Å². The molecule has 0 aromatic heterocycles. The Hall–Kier alpha value is -3.85. The van der Waals surface area contributed by atoms with Crippen LogP contribution in [-0.4, -0.2) is 74.3 Å². The zero-order valence-corrected chi connectivity index (χ0v) is 56.4. The van der Waals surface area contributed by atoms with Gasteiger partial charge in [0.15, 0.2) is 0 Å². The summed E-state index contributed by atoms with van der Waals surface area (Å²) in [6, 6.07) is -0.877. The van der Waals surface area contributed by atoms with Crippen molar-refractivity contribution >= 4 is 19.7 Å². The number of nitrogens with zero attached hydrogens (tertiary/aromatic N) is 1. The average molecular weight is 1200 g/mol. The summed E-state index contributed by atoms with van der Waals surface area (Å²) in [4.78, 5) is 37.9. The van der Waals surface area contributed by atoms with Gasteiger partial charge >= 0.3 is 13.8 Å². The molecule has 2 N–H and O–H groups in total. The SMILES string of the molecule is CC/C=C\C/C=C\C/C=C\C/C=C\C/C=C\C/C=C\CCCCCCCCCCC(=O)NC(COP(=O)(O)OCC[N+](C)(C)C)C(/C=C\CCCCCCCCCCCCC)OC(=O)CCCCC/C=C\C/C=C\C/C=C\C/C=C\CCCCC. The monoisotopic (exact) mass is 1200 g/mol. The second kappa shape index (κ2) is 63.2. The van der Waals surface area contributed by atoms with E-state index in [9.17, 15) is 19.0 Å². The second-order valence-corrected chi connectivity index (χ2v) is 25.4. The number of hydrogen-bond donors (Lipinski definition) is 2. The highest BCUT2D eigenvalue weighted by atomic mass is 31.2. The number of amides is 1. The van der Waals surface area contributed by atoms with Gasteiger partial charge in [0.1, 0.15) is 19.3 Å². The van der Waals surface area contributed by atoms with Crippen LogP contribution in [0.15, 0.2) is 134 Å². The first-order valence-electron chi connectivity index (χ1n) is 34.5. The predicted octanol–water partition coefficient (Wildman–Crippen LogP) is 22.0. The molecule has 0 aromatic rings. The standard InChI is InChI=1S/C75H129N2O7P/c1-7-10-13-16-19-22-25-28-30-32-34-35-36-37-38-39-40-41-43-44-46-49-52-55-58-61-64-67-74(78)76-72(71-83-85(80,81)82-70-69-77(4,5)6)73(66-63-60-57-54-51-48-27-24-21-18-15-12-9-3)84-75(79)68-65-62-59-56-53-50-47-45-42-33-31-29-26-23-20-17-14-11-8-2/h10,13,19-20,22-23,28-31,34-35,37-38,40-42,45,50,53,63,66,72-73H,7-9,11-12,14-18,21,24-27,32-33,36,39,43-44,46-49,51-52,54-62,64-65,67-71H2,1-6H3,(H-,76,78,80,81)/p+1/b13-10-,22-19-,23-20-,30-28-,31-29-,35-34-,38-37-,41-40-,45-42-,53-50-,66-63-. The van der Waals surface area contributed by atoms with Gasteiger partial charge in [-0.1, -0.05) is 270 Å². The maximum absolute atomic E-state index is 13.6. The van der Waals surface area contributed by atoms with Crippen molar-refractivity contribution in [2.24, 2.45) is 0 Å². The first kappa shape index (κ1) is 81.2.